The van der Waals surface area contributed by atoms with Crippen LogP contribution in [0.3, 0.4) is 0 Å². The predicted molar refractivity (Wildman–Crippen MR) is 150 cm³/mol. The molecule has 1 aromatic carbocycles. The Morgan fingerprint density at radius 3 is 2.33 bits per heavy atom. The lowest BCUT2D eigenvalue weighted by atomic mass is 9.96. The summed E-state index contributed by atoms with van der Waals surface area (Å²) in [6.07, 6.45) is 4.83. The Morgan fingerprint density at radius 1 is 1.13 bits per heavy atom. The third-order valence-corrected chi connectivity index (χ3v) is 8.33. The van der Waals surface area contributed by atoms with Crippen molar-refractivity contribution in [2.45, 2.75) is 31.5 Å². The Hall–Kier alpha value is -3.28. The van der Waals surface area contributed by atoms with Crippen LogP contribution in [0.25, 0.3) is 0 Å². The molecule has 3 aliphatic heterocycles. The van der Waals surface area contributed by atoms with Gasteiger partial charge in [0.25, 0.3) is 0 Å². The zero-order valence-corrected chi connectivity index (χ0v) is 23.6. The average Bonchev–Trinajstić information content (AvgIpc) is 2.93. The van der Waals surface area contributed by atoms with Crippen molar-refractivity contribution < 1.29 is 19.1 Å². The number of rotatable bonds is 7. The van der Waals surface area contributed by atoms with E-state index in [9.17, 15) is 9.59 Å². The van der Waals surface area contributed by atoms with Crippen molar-refractivity contribution in [3.63, 3.8) is 0 Å². The number of likely N-dealkylation sites (tertiary alicyclic amines) is 2. The third kappa shape index (κ3) is 4.83. The second-order valence-corrected chi connectivity index (χ2v) is 10.4. The Bertz CT molecular complexity index is 1270. The van der Waals surface area contributed by atoms with E-state index in [0.717, 1.165) is 18.4 Å². The first-order valence-corrected chi connectivity index (χ1v) is 13.5. The number of halogens is 2. The van der Waals surface area contributed by atoms with Crippen LogP contribution >= 0.6 is 23.2 Å². The number of amides is 3. The Morgan fingerprint density at radius 2 is 1.77 bits per heavy atom. The van der Waals surface area contributed by atoms with Gasteiger partial charge in [-0.25, -0.2) is 9.78 Å². The van der Waals surface area contributed by atoms with E-state index in [-0.39, 0.29) is 34.6 Å². The Balaban J connectivity index is 1.43. The number of piperidine rings is 1. The number of hydrogen-bond acceptors (Lipinski definition) is 8. The molecule has 4 heterocycles. The molecule has 5 rings (SSSR count). The van der Waals surface area contributed by atoms with E-state index < -0.39 is 0 Å². The van der Waals surface area contributed by atoms with Crippen LogP contribution in [-0.2, 0) is 11.3 Å². The number of aromatic nitrogens is 2. The highest BCUT2D eigenvalue weighted by Crippen LogP contribution is 2.48. The number of carbonyl (C=O) groups is 2. The van der Waals surface area contributed by atoms with Gasteiger partial charge in [-0.3, -0.25) is 19.5 Å². The molecule has 0 spiro atoms. The largest absolute Gasteiger partial charge is 0.495 e. The molecule has 13 heteroatoms. The van der Waals surface area contributed by atoms with Gasteiger partial charge in [0.05, 0.1) is 32.5 Å². The second kappa shape index (κ2) is 11.1. The van der Waals surface area contributed by atoms with Gasteiger partial charge < -0.3 is 19.7 Å². The number of nitrogens with one attached hydrogen (secondary N) is 1. The topological polar surface area (TPSA) is 103 Å². The number of fused-ring (bicyclic) bond motifs is 1. The second-order valence-electron chi connectivity index (χ2n) is 9.66. The van der Waals surface area contributed by atoms with Crippen molar-refractivity contribution in [2.75, 3.05) is 62.6 Å². The summed E-state index contributed by atoms with van der Waals surface area (Å²) in [7, 11) is 4.72. The number of carbonyl (C=O) groups excluding carboxylic acids is 2. The van der Waals surface area contributed by atoms with Gasteiger partial charge in [0, 0.05) is 57.1 Å². The van der Waals surface area contributed by atoms with Crippen LogP contribution in [-0.4, -0.2) is 91.2 Å². The summed E-state index contributed by atoms with van der Waals surface area (Å²) in [4.78, 5) is 42.6. The van der Waals surface area contributed by atoms with Gasteiger partial charge in [-0.1, -0.05) is 29.8 Å². The predicted octanol–water partition coefficient (Wildman–Crippen LogP) is 3.65. The lowest BCUT2D eigenvalue weighted by molar-refractivity contribution is -0.127. The molecule has 2 saturated heterocycles. The molecule has 0 saturated carbocycles. The van der Waals surface area contributed by atoms with Crippen molar-refractivity contribution in [3.05, 3.63) is 40.5 Å². The summed E-state index contributed by atoms with van der Waals surface area (Å²) in [5, 5.41) is 3.38. The SMILES string of the molecule is C=CC(=O)N1CCC(N2CC(N3C(=O)N(c4c(Cl)c(OC)cc(OC)c4Cl)Cc4cnc(NC)nc43)C2)CC1. The smallest absolute Gasteiger partial charge is 0.330 e. The molecule has 208 valence electrons. The normalized spacial score (nSPS) is 18.5. The molecule has 1 aromatic heterocycles. The Kier molecular flexibility index (Phi) is 7.75. The fraction of sp³-hybridized carbons (Fsp3) is 0.462. The molecule has 0 atom stereocenters. The number of hydrogen-bond donors (Lipinski definition) is 1. The van der Waals surface area contributed by atoms with Crippen molar-refractivity contribution in [3.8, 4) is 11.5 Å². The van der Waals surface area contributed by atoms with E-state index in [2.05, 4.69) is 26.8 Å². The maximum atomic E-state index is 14.2. The van der Waals surface area contributed by atoms with E-state index in [1.54, 1.807) is 24.2 Å². The first kappa shape index (κ1) is 27.3. The maximum absolute atomic E-state index is 14.2. The zero-order chi connectivity index (χ0) is 27.8. The number of benzene rings is 1. The van der Waals surface area contributed by atoms with Crippen LogP contribution in [0.15, 0.2) is 24.9 Å². The number of anilines is 3. The van der Waals surface area contributed by atoms with Crippen molar-refractivity contribution in [2.24, 2.45) is 0 Å². The van der Waals surface area contributed by atoms with Crippen molar-refractivity contribution in [1.82, 2.24) is 19.8 Å². The lowest BCUT2D eigenvalue weighted by Gasteiger charge is -2.51. The van der Waals surface area contributed by atoms with Crippen LogP contribution in [0, 0.1) is 0 Å². The quantitative estimate of drug-likeness (QED) is 0.499. The molecule has 0 radical (unpaired) electrons. The van der Waals surface area contributed by atoms with Gasteiger partial charge in [-0.2, -0.15) is 4.98 Å². The summed E-state index contributed by atoms with van der Waals surface area (Å²) in [6, 6.07) is 1.53. The van der Waals surface area contributed by atoms with Crippen LogP contribution in [0.1, 0.15) is 18.4 Å². The highest BCUT2D eigenvalue weighted by molar-refractivity contribution is 6.42. The molecule has 0 aliphatic carbocycles. The first-order chi connectivity index (χ1) is 18.8. The molecular formula is C26H31Cl2N7O4. The molecule has 3 amide bonds. The number of ether oxygens (including phenoxy) is 2. The summed E-state index contributed by atoms with van der Waals surface area (Å²) < 4.78 is 10.9. The van der Waals surface area contributed by atoms with Crippen LogP contribution < -0.4 is 24.6 Å². The third-order valence-electron chi connectivity index (χ3n) is 7.60. The molecule has 0 bridgehead atoms. The summed E-state index contributed by atoms with van der Waals surface area (Å²) >= 11 is 13.4. The van der Waals surface area contributed by atoms with E-state index >= 15 is 0 Å². The molecule has 2 aromatic rings. The van der Waals surface area contributed by atoms with Crippen LogP contribution in [0.2, 0.25) is 10.0 Å². The fourth-order valence-corrected chi connectivity index (χ4v) is 6.15. The molecular weight excluding hydrogens is 545 g/mol. The van der Waals surface area contributed by atoms with Gasteiger partial charge >= 0.3 is 6.03 Å². The monoisotopic (exact) mass is 575 g/mol. The highest BCUT2D eigenvalue weighted by Gasteiger charge is 2.45. The van der Waals surface area contributed by atoms with Crippen LogP contribution in [0.4, 0.5) is 22.2 Å². The summed E-state index contributed by atoms with van der Waals surface area (Å²) in [5.74, 6) is 1.65. The average molecular weight is 576 g/mol. The standard InChI is InChI=1S/C26H31Cl2N7O4/c1-5-20(36)32-8-6-16(7-9-32)33-13-17(14-33)35-24-15(11-30-25(29-2)31-24)12-34(26(35)37)23-21(27)18(38-3)10-19(39-4)22(23)28/h5,10-11,16-17H,1,6-9,12-14H2,2-4H3,(H,29,30,31). The van der Waals surface area contributed by atoms with Crippen LogP contribution in [0.5, 0.6) is 11.5 Å². The summed E-state index contributed by atoms with van der Waals surface area (Å²) in [6.45, 7) is 6.52. The number of urea groups is 1. The van der Waals surface area contributed by atoms with Gasteiger partial charge in [0.2, 0.25) is 11.9 Å². The first-order valence-electron chi connectivity index (χ1n) is 12.7. The van der Waals surface area contributed by atoms with Gasteiger partial charge in [0.15, 0.2) is 0 Å². The van der Waals surface area contributed by atoms with Gasteiger partial charge in [-0.05, 0) is 18.9 Å². The van der Waals surface area contributed by atoms with E-state index in [0.29, 0.717) is 61.2 Å². The van der Waals surface area contributed by atoms with E-state index in [4.69, 9.17) is 32.7 Å². The van der Waals surface area contributed by atoms with Gasteiger partial charge in [0.1, 0.15) is 27.4 Å². The minimum Gasteiger partial charge on any atom is -0.495 e. The minimum atomic E-state index is -0.293. The summed E-state index contributed by atoms with van der Waals surface area (Å²) in [5.41, 5.74) is 1.07. The number of nitrogens with zero attached hydrogens (tertiary/aromatic N) is 6. The lowest BCUT2D eigenvalue weighted by Crippen LogP contribution is -2.67. The molecule has 39 heavy (non-hydrogen) atoms. The fourth-order valence-electron chi connectivity index (χ4n) is 5.44. The highest BCUT2D eigenvalue weighted by atomic mass is 35.5. The minimum absolute atomic E-state index is 0.0305. The molecule has 3 aliphatic rings. The van der Waals surface area contributed by atoms with Gasteiger partial charge in [-0.15, -0.1) is 0 Å². The number of methoxy groups -OCH3 is 2. The Labute approximate surface area is 237 Å². The molecule has 1 N–H and O–H groups in total. The van der Waals surface area contributed by atoms with Crippen molar-refractivity contribution >= 4 is 52.6 Å². The molecule has 0 unspecified atom stereocenters. The molecule has 2 fully saturated rings. The maximum Gasteiger partial charge on any atom is 0.330 e. The molecule has 11 nitrogen and oxygen atoms in total. The zero-order valence-electron chi connectivity index (χ0n) is 22.1. The van der Waals surface area contributed by atoms with Crippen molar-refractivity contribution in [1.29, 1.82) is 0 Å². The van der Waals surface area contributed by atoms with E-state index in [1.165, 1.54) is 25.2 Å². The van der Waals surface area contributed by atoms with E-state index in [1.807, 2.05) is 4.90 Å².